The van der Waals surface area contributed by atoms with Crippen molar-refractivity contribution in [2.75, 3.05) is 11.8 Å². The molecule has 142 valence electrons. The maximum atomic E-state index is 13.9. The van der Waals surface area contributed by atoms with Crippen molar-refractivity contribution in [2.24, 2.45) is 0 Å². The molecular formula is C17H14BrClFN3O3S. The number of hydrogen-bond donors (Lipinski definition) is 1. The van der Waals surface area contributed by atoms with Gasteiger partial charge in [0.15, 0.2) is 5.82 Å². The van der Waals surface area contributed by atoms with Crippen LogP contribution in [0.15, 0.2) is 58.0 Å². The second kappa shape index (κ2) is 7.87. The smallest absolute Gasteiger partial charge is 0.263 e. The number of sulfonamides is 1. The first-order valence-corrected chi connectivity index (χ1v) is 10.3. The van der Waals surface area contributed by atoms with Gasteiger partial charge in [-0.2, -0.15) is 5.10 Å². The van der Waals surface area contributed by atoms with Gasteiger partial charge < -0.3 is 4.74 Å². The van der Waals surface area contributed by atoms with Crippen molar-refractivity contribution in [2.45, 2.75) is 11.4 Å². The molecule has 0 bridgehead atoms. The zero-order chi connectivity index (χ0) is 19.6. The zero-order valence-corrected chi connectivity index (χ0v) is 17.1. The van der Waals surface area contributed by atoms with Crippen LogP contribution in [0.25, 0.3) is 0 Å². The molecule has 0 aliphatic rings. The van der Waals surface area contributed by atoms with Crippen LogP contribution in [0.3, 0.4) is 0 Å². The summed E-state index contributed by atoms with van der Waals surface area (Å²) < 4.78 is 48.2. The number of nitrogens with one attached hydrogen (secondary N) is 1. The van der Waals surface area contributed by atoms with Gasteiger partial charge in [0, 0.05) is 16.8 Å². The van der Waals surface area contributed by atoms with Crippen molar-refractivity contribution >= 4 is 43.4 Å². The fourth-order valence-electron chi connectivity index (χ4n) is 2.33. The van der Waals surface area contributed by atoms with E-state index in [4.69, 9.17) is 16.3 Å². The van der Waals surface area contributed by atoms with Crippen LogP contribution in [-0.2, 0) is 16.6 Å². The molecule has 0 amide bonds. The Balaban J connectivity index is 1.84. The third-order valence-electron chi connectivity index (χ3n) is 3.70. The lowest BCUT2D eigenvalue weighted by Crippen LogP contribution is -2.14. The van der Waals surface area contributed by atoms with E-state index in [0.717, 1.165) is 0 Å². The fraction of sp³-hybridized carbons (Fsp3) is 0.118. The minimum atomic E-state index is -3.85. The number of anilines is 1. The van der Waals surface area contributed by atoms with E-state index in [0.29, 0.717) is 10.2 Å². The molecule has 3 aromatic rings. The Kier molecular flexibility index (Phi) is 5.73. The first kappa shape index (κ1) is 19.7. The summed E-state index contributed by atoms with van der Waals surface area (Å²) in [4.78, 5) is 0.0573. The van der Waals surface area contributed by atoms with Crippen molar-refractivity contribution in [3.8, 4) is 5.75 Å². The molecule has 0 aliphatic carbocycles. The minimum absolute atomic E-state index is 0.0500. The number of rotatable bonds is 6. The topological polar surface area (TPSA) is 73.2 Å². The number of nitrogens with zero attached hydrogens (tertiary/aromatic N) is 2. The Morgan fingerprint density at radius 2 is 1.96 bits per heavy atom. The highest BCUT2D eigenvalue weighted by molar-refractivity contribution is 9.10. The summed E-state index contributed by atoms with van der Waals surface area (Å²) in [5.41, 5.74) is 0.263. The molecule has 27 heavy (non-hydrogen) atoms. The molecule has 0 unspecified atom stereocenters. The predicted molar refractivity (Wildman–Crippen MR) is 104 cm³/mol. The first-order chi connectivity index (χ1) is 12.8. The number of benzene rings is 2. The molecular weight excluding hydrogens is 461 g/mol. The highest BCUT2D eigenvalue weighted by atomic mass is 79.9. The fourth-order valence-corrected chi connectivity index (χ4v) is 4.12. The Labute approximate surface area is 169 Å². The third-order valence-corrected chi connectivity index (χ3v) is 5.99. The molecule has 0 spiro atoms. The number of methoxy groups -OCH3 is 1. The predicted octanol–water partition coefficient (Wildman–Crippen LogP) is 4.30. The highest BCUT2D eigenvalue weighted by Gasteiger charge is 2.19. The Bertz CT molecular complexity index is 1050. The summed E-state index contributed by atoms with van der Waals surface area (Å²) in [5.74, 6) is 0.161. The second-order valence-corrected chi connectivity index (χ2v) is 8.45. The summed E-state index contributed by atoms with van der Waals surface area (Å²) in [6.07, 6.45) is 1.54. The van der Waals surface area contributed by atoms with E-state index in [1.807, 2.05) is 0 Å². The van der Waals surface area contributed by atoms with Crippen LogP contribution in [-0.4, -0.2) is 25.3 Å². The van der Waals surface area contributed by atoms with Crippen molar-refractivity contribution in [1.29, 1.82) is 0 Å². The quantitative estimate of drug-likeness (QED) is 0.578. The number of hydrogen-bond acceptors (Lipinski definition) is 4. The molecule has 0 fully saturated rings. The van der Waals surface area contributed by atoms with Gasteiger partial charge in [0.25, 0.3) is 10.0 Å². The van der Waals surface area contributed by atoms with E-state index >= 15 is 0 Å². The van der Waals surface area contributed by atoms with Crippen LogP contribution < -0.4 is 9.46 Å². The zero-order valence-electron chi connectivity index (χ0n) is 14.0. The Morgan fingerprint density at radius 1 is 1.26 bits per heavy atom. The molecule has 0 radical (unpaired) electrons. The lowest BCUT2D eigenvalue weighted by molar-refractivity contribution is 0.414. The number of halogens is 3. The number of ether oxygens (including phenoxy) is 1. The van der Waals surface area contributed by atoms with E-state index < -0.39 is 15.8 Å². The average molecular weight is 475 g/mol. The van der Waals surface area contributed by atoms with Gasteiger partial charge in [-0.3, -0.25) is 9.40 Å². The molecule has 0 saturated heterocycles. The van der Waals surface area contributed by atoms with Crippen LogP contribution in [0.5, 0.6) is 5.75 Å². The molecule has 2 aromatic carbocycles. The van der Waals surface area contributed by atoms with Gasteiger partial charge in [-0.25, -0.2) is 12.8 Å². The summed E-state index contributed by atoms with van der Waals surface area (Å²) in [5, 5.41) is 4.43. The summed E-state index contributed by atoms with van der Waals surface area (Å²) in [6, 6.07) is 10.3. The van der Waals surface area contributed by atoms with Crippen molar-refractivity contribution in [3.05, 3.63) is 69.5 Å². The summed E-state index contributed by atoms with van der Waals surface area (Å²) >= 11 is 9.28. The van der Waals surface area contributed by atoms with Crippen LogP contribution in [0, 0.1) is 5.82 Å². The Hall–Kier alpha value is -2.10. The number of aromatic nitrogens is 2. The molecule has 10 heteroatoms. The first-order valence-electron chi connectivity index (χ1n) is 7.63. The molecule has 0 atom stereocenters. The van der Waals surface area contributed by atoms with Gasteiger partial charge in [0.1, 0.15) is 11.6 Å². The van der Waals surface area contributed by atoms with E-state index in [1.54, 1.807) is 18.2 Å². The van der Waals surface area contributed by atoms with Gasteiger partial charge in [0.05, 0.1) is 23.0 Å². The average Bonchev–Trinajstić information content (AvgIpc) is 2.97. The Morgan fingerprint density at radius 3 is 2.59 bits per heavy atom. The van der Waals surface area contributed by atoms with Crippen molar-refractivity contribution in [1.82, 2.24) is 9.78 Å². The molecule has 1 N–H and O–H groups in total. The van der Waals surface area contributed by atoms with Crippen molar-refractivity contribution < 1.29 is 17.5 Å². The van der Waals surface area contributed by atoms with Crippen molar-refractivity contribution in [3.63, 3.8) is 0 Å². The third kappa shape index (κ3) is 4.42. The van der Waals surface area contributed by atoms with E-state index in [2.05, 4.69) is 25.8 Å². The van der Waals surface area contributed by atoms with Gasteiger partial charge >= 0.3 is 0 Å². The van der Waals surface area contributed by atoms with Gasteiger partial charge in [-0.15, -0.1) is 0 Å². The standard InChI is InChI=1S/C17H14BrClFN3O3S/c1-26-11-5-7-12(8-6-11)27(24,25)22-17-14(18)10-23(21-17)9-13-15(19)3-2-4-16(13)20/h2-8,10H,9H2,1H3,(H,21,22). The van der Waals surface area contributed by atoms with Crippen LogP contribution >= 0.6 is 27.5 Å². The van der Waals surface area contributed by atoms with Gasteiger partial charge in [0.2, 0.25) is 0 Å². The minimum Gasteiger partial charge on any atom is -0.497 e. The molecule has 3 rings (SSSR count). The van der Waals surface area contributed by atoms with Crippen LogP contribution in [0.4, 0.5) is 10.2 Å². The second-order valence-electron chi connectivity index (χ2n) is 5.50. The maximum Gasteiger partial charge on any atom is 0.263 e. The lowest BCUT2D eigenvalue weighted by atomic mass is 10.2. The normalized spacial score (nSPS) is 11.4. The van der Waals surface area contributed by atoms with Crippen LogP contribution in [0.2, 0.25) is 5.02 Å². The summed E-state index contributed by atoms with van der Waals surface area (Å²) in [6.45, 7) is 0.0500. The molecule has 0 aliphatic heterocycles. The van der Waals surface area contributed by atoms with E-state index in [-0.39, 0.29) is 27.8 Å². The van der Waals surface area contributed by atoms with Crippen LogP contribution in [0.1, 0.15) is 5.56 Å². The highest BCUT2D eigenvalue weighted by Crippen LogP contribution is 2.26. The molecule has 0 saturated carbocycles. The van der Waals surface area contributed by atoms with E-state index in [1.165, 1.54) is 42.3 Å². The monoisotopic (exact) mass is 473 g/mol. The maximum absolute atomic E-state index is 13.9. The molecule has 1 heterocycles. The summed E-state index contributed by atoms with van der Waals surface area (Å²) in [7, 11) is -2.35. The van der Waals surface area contributed by atoms with Gasteiger partial charge in [-0.1, -0.05) is 17.7 Å². The SMILES string of the molecule is COc1ccc(S(=O)(=O)Nc2nn(Cc3c(F)cccc3Cl)cc2Br)cc1. The largest absolute Gasteiger partial charge is 0.497 e. The molecule has 6 nitrogen and oxygen atoms in total. The lowest BCUT2D eigenvalue weighted by Gasteiger charge is -2.07. The van der Waals surface area contributed by atoms with Gasteiger partial charge in [-0.05, 0) is 52.3 Å². The van der Waals surface area contributed by atoms with E-state index in [9.17, 15) is 12.8 Å². The molecule has 1 aromatic heterocycles.